The summed E-state index contributed by atoms with van der Waals surface area (Å²) in [5.74, 6) is -1.89. The van der Waals surface area contributed by atoms with E-state index in [1.807, 2.05) is 0 Å². The fourth-order valence-corrected chi connectivity index (χ4v) is 3.04. The van der Waals surface area contributed by atoms with E-state index in [1.54, 1.807) is 18.2 Å². The molecule has 25 heavy (non-hydrogen) atoms. The average molecular weight is 342 g/mol. The minimum Gasteiger partial charge on any atom is -0.378 e. The first kappa shape index (κ1) is 15.9. The molecule has 1 atom stereocenters. The Hall–Kier alpha value is -2.60. The summed E-state index contributed by atoms with van der Waals surface area (Å²) < 4.78 is 32.9. The van der Waals surface area contributed by atoms with Crippen LogP contribution in [0.3, 0.4) is 0 Å². The molecule has 0 aliphatic carbocycles. The van der Waals surface area contributed by atoms with Crippen LogP contribution >= 0.6 is 0 Å². The number of benzene rings is 2. The van der Waals surface area contributed by atoms with E-state index in [1.165, 1.54) is 12.1 Å². The molecule has 1 saturated heterocycles. The number of carbonyl (C=O) groups excluding carboxylic acids is 1. The SMILES string of the molecule is O=C(CCC1CCO1)c1n[nH]c2ccc(-c3cccc(F)c3F)cc12. The first-order chi connectivity index (χ1) is 12.1. The fourth-order valence-electron chi connectivity index (χ4n) is 3.04. The number of halogens is 2. The zero-order valence-electron chi connectivity index (χ0n) is 13.4. The molecule has 6 heteroatoms. The second kappa shape index (κ2) is 6.37. The number of aromatic nitrogens is 2. The molecule has 4 nitrogen and oxygen atoms in total. The molecule has 1 aliphatic rings. The third kappa shape index (κ3) is 2.93. The maximum atomic E-state index is 14.0. The van der Waals surface area contributed by atoms with E-state index < -0.39 is 11.6 Å². The molecule has 1 aliphatic heterocycles. The van der Waals surface area contributed by atoms with Crippen LogP contribution in [-0.4, -0.2) is 28.7 Å². The van der Waals surface area contributed by atoms with Crippen molar-refractivity contribution in [2.75, 3.05) is 6.61 Å². The summed E-state index contributed by atoms with van der Waals surface area (Å²) in [7, 11) is 0. The van der Waals surface area contributed by atoms with Crippen molar-refractivity contribution in [2.45, 2.75) is 25.4 Å². The van der Waals surface area contributed by atoms with E-state index in [4.69, 9.17) is 4.74 Å². The van der Waals surface area contributed by atoms with Gasteiger partial charge >= 0.3 is 0 Å². The van der Waals surface area contributed by atoms with Gasteiger partial charge in [0.05, 0.1) is 11.6 Å². The van der Waals surface area contributed by atoms with E-state index in [9.17, 15) is 13.6 Å². The quantitative estimate of drug-likeness (QED) is 0.705. The van der Waals surface area contributed by atoms with Gasteiger partial charge in [0.2, 0.25) is 0 Å². The molecule has 0 bridgehead atoms. The normalized spacial score (nSPS) is 16.8. The van der Waals surface area contributed by atoms with Gasteiger partial charge in [-0.25, -0.2) is 8.78 Å². The van der Waals surface area contributed by atoms with Gasteiger partial charge in [-0.15, -0.1) is 0 Å². The van der Waals surface area contributed by atoms with Crippen molar-refractivity contribution in [1.29, 1.82) is 0 Å². The number of ether oxygens (including phenoxy) is 1. The number of H-pyrrole nitrogens is 1. The van der Waals surface area contributed by atoms with Crippen LogP contribution in [-0.2, 0) is 4.74 Å². The molecule has 128 valence electrons. The number of Topliss-reactive ketones (excluding diaryl/α,β-unsaturated/α-hetero) is 1. The maximum Gasteiger partial charge on any atom is 0.183 e. The molecule has 3 aromatic rings. The van der Waals surface area contributed by atoms with Gasteiger partial charge < -0.3 is 4.74 Å². The molecule has 1 fully saturated rings. The predicted octanol–water partition coefficient (Wildman–Crippen LogP) is 4.26. The minimum absolute atomic E-state index is 0.0846. The Morgan fingerprint density at radius 1 is 1.28 bits per heavy atom. The first-order valence-electron chi connectivity index (χ1n) is 8.21. The number of hydrogen-bond acceptors (Lipinski definition) is 3. The Kier molecular flexibility index (Phi) is 4.05. The Bertz CT molecular complexity index is 948. The number of nitrogens with one attached hydrogen (secondary N) is 1. The van der Waals surface area contributed by atoms with Crippen LogP contribution in [0.1, 0.15) is 29.8 Å². The maximum absolute atomic E-state index is 14.0. The topological polar surface area (TPSA) is 55.0 Å². The fraction of sp³-hybridized carbons (Fsp3) is 0.263. The van der Waals surface area contributed by atoms with Gasteiger partial charge in [-0.1, -0.05) is 18.2 Å². The van der Waals surface area contributed by atoms with E-state index in [2.05, 4.69) is 10.2 Å². The lowest BCUT2D eigenvalue weighted by atomic mass is 9.99. The monoisotopic (exact) mass is 342 g/mol. The highest BCUT2D eigenvalue weighted by atomic mass is 19.2. The van der Waals surface area contributed by atoms with Crippen molar-refractivity contribution in [3.8, 4) is 11.1 Å². The molecule has 4 rings (SSSR count). The van der Waals surface area contributed by atoms with Crippen molar-refractivity contribution in [3.63, 3.8) is 0 Å². The third-order valence-electron chi connectivity index (χ3n) is 4.58. The largest absolute Gasteiger partial charge is 0.378 e. The van der Waals surface area contributed by atoms with Gasteiger partial charge in [0.1, 0.15) is 5.69 Å². The molecule has 0 amide bonds. The van der Waals surface area contributed by atoms with Crippen LogP contribution in [0.15, 0.2) is 36.4 Å². The predicted molar refractivity (Wildman–Crippen MR) is 89.4 cm³/mol. The molecule has 1 aromatic heterocycles. The second-order valence-corrected chi connectivity index (χ2v) is 6.18. The number of aromatic amines is 1. The summed E-state index contributed by atoms with van der Waals surface area (Å²) in [6.07, 6.45) is 2.16. The molecule has 1 unspecified atom stereocenters. The standard InChI is InChI=1S/C19H16F2N2O2/c20-15-3-1-2-13(18(15)21)11-4-6-16-14(10-11)19(23-22-16)17(24)7-5-12-8-9-25-12/h1-4,6,10,12H,5,7-9H2,(H,22,23). The number of nitrogens with zero attached hydrogens (tertiary/aromatic N) is 1. The van der Waals surface area contributed by atoms with Gasteiger partial charge in [0.25, 0.3) is 0 Å². The minimum atomic E-state index is -0.902. The highest BCUT2D eigenvalue weighted by Crippen LogP contribution is 2.29. The summed E-state index contributed by atoms with van der Waals surface area (Å²) >= 11 is 0. The van der Waals surface area contributed by atoms with Gasteiger partial charge in [-0.3, -0.25) is 9.89 Å². The smallest absolute Gasteiger partial charge is 0.183 e. The molecular formula is C19H16F2N2O2. The van der Waals surface area contributed by atoms with Gasteiger partial charge in [0, 0.05) is 24.0 Å². The van der Waals surface area contributed by atoms with Crippen LogP contribution in [0.5, 0.6) is 0 Å². The van der Waals surface area contributed by atoms with Crippen molar-refractivity contribution in [1.82, 2.24) is 10.2 Å². The summed E-state index contributed by atoms with van der Waals surface area (Å²) in [6, 6.07) is 9.10. The Balaban J connectivity index is 1.67. The van der Waals surface area contributed by atoms with Crippen molar-refractivity contribution < 1.29 is 18.3 Å². The van der Waals surface area contributed by atoms with Gasteiger partial charge in [0.15, 0.2) is 17.4 Å². The van der Waals surface area contributed by atoms with Crippen LogP contribution in [0.4, 0.5) is 8.78 Å². The van der Waals surface area contributed by atoms with Crippen LogP contribution in [0.2, 0.25) is 0 Å². The average Bonchev–Trinajstić information content (AvgIpc) is 2.99. The van der Waals surface area contributed by atoms with E-state index in [-0.39, 0.29) is 17.5 Å². The van der Waals surface area contributed by atoms with Crippen LogP contribution < -0.4 is 0 Å². The molecular weight excluding hydrogens is 326 g/mol. The number of rotatable bonds is 5. The van der Waals surface area contributed by atoms with Gasteiger partial charge in [-0.2, -0.15) is 5.10 Å². The second-order valence-electron chi connectivity index (χ2n) is 6.18. The lowest BCUT2D eigenvalue weighted by Gasteiger charge is -2.25. The summed E-state index contributed by atoms with van der Waals surface area (Å²) in [4.78, 5) is 12.5. The van der Waals surface area contributed by atoms with E-state index in [0.29, 0.717) is 35.0 Å². The molecule has 1 N–H and O–H groups in total. The van der Waals surface area contributed by atoms with Crippen molar-refractivity contribution >= 4 is 16.7 Å². The first-order valence-corrected chi connectivity index (χ1v) is 8.21. The summed E-state index contributed by atoms with van der Waals surface area (Å²) in [5.41, 5.74) is 1.67. The highest BCUT2D eigenvalue weighted by molar-refractivity contribution is 6.06. The van der Waals surface area contributed by atoms with Crippen LogP contribution in [0, 0.1) is 11.6 Å². The number of fused-ring (bicyclic) bond motifs is 1. The lowest BCUT2D eigenvalue weighted by molar-refractivity contribution is -0.0542. The number of hydrogen-bond donors (Lipinski definition) is 1. The van der Waals surface area contributed by atoms with E-state index >= 15 is 0 Å². The summed E-state index contributed by atoms with van der Waals surface area (Å²) in [6.45, 7) is 0.757. The van der Waals surface area contributed by atoms with Crippen molar-refractivity contribution in [3.05, 3.63) is 53.7 Å². The molecule has 0 radical (unpaired) electrons. The molecule has 0 spiro atoms. The summed E-state index contributed by atoms with van der Waals surface area (Å²) in [5, 5.41) is 7.54. The number of carbonyl (C=O) groups is 1. The molecule has 2 heterocycles. The molecule has 0 saturated carbocycles. The zero-order valence-corrected chi connectivity index (χ0v) is 13.4. The van der Waals surface area contributed by atoms with E-state index in [0.717, 1.165) is 19.1 Å². The Labute approximate surface area is 142 Å². The van der Waals surface area contributed by atoms with Crippen molar-refractivity contribution in [2.24, 2.45) is 0 Å². The zero-order chi connectivity index (χ0) is 17.4. The lowest BCUT2D eigenvalue weighted by Crippen LogP contribution is -2.27. The van der Waals surface area contributed by atoms with Gasteiger partial charge in [-0.05, 0) is 36.6 Å². The highest BCUT2D eigenvalue weighted by Gasteiger charge is 2.21. The van der Waals surface area contributed by atoms with Crippen LogP contribution in [0.25, 0.3) is 22.0 Å². The third-order valence-corrected chi connectivity index (χ3v) is 4.58. The number of ketones is 1. The Morgan fingerprint density at radius 3 is 2.88 bits per heavy atom. The Morgan fingerprint density at radius 2 is 2.12 bits per heavy atom. The molecule has 2 aromatic carbocycles.